The number of aromatic amines is 1. The molecule has 8 nitrogen and oxygen atoms in total. The third-order valence-electron chi connectivity index (χ3n) is 4.97. The van der Waals surface area contributed by atoms with Gasteiger partial charge in [-0.25, -0.2) is 4.98 Å². The fourth-order valence-electron chi connectivity index (χ4n) is 3.61. The molecule has 8 heteroatoms. The number of H-pyrrole nitrogens is 1. The zero-order valence-electron chi connectivity index (χ0n) is 14.8. The van der Waals surface area contributed by atoms with Gasteiger partial charge in [-0.15, -0.1) is 0 Å². The Labute approximate surface area is 147 Å². The summed E-state index contributed by atoms with van der Waals surface area (Å²) in [7, 11) is 0. The number of morpholine rings is 1. The molecule has 0 spiro atoms. The number of rotatable bonds is 4. The van der Waals surface area contributed by atoms with E-state index in [1.54, 1.807) is 0 Å². The lowest BCUT2D eigenvalue weighted by molar-refractivity contribution is -0.126. The molecule has 1 saturated carbocycles. The summed E-state index contributed by atoms with van der Waals surface area (Å²) in [6.07, 6.45) is 5.54. The minimum atomic E-state index is -0.694. The molecular weight excluding hydrogens is 320 g/mol. The Morgan fingerprint density at radius 3 is 2.84 bits per heavy atom. The van der Waals surface area contributed by atoms with Crippen molar-refractivity contribution in [2.75, 3.05) is 26.2 Å². The summed E-state index contributed by atoms with van der Waals surface area (Å²) in [5.74, 6) is 1.29. The van der Waals surface area contributed by atoms with Gasteiger partial charge in [-0.05, 0) is 19.8 Å². The van der Waals surface area contributed by atoms with E-state index in [9.17, 15) is 10.1 Å². The van der Waals surface area contributed by atoms with E-state index in [-0.39, 0.29) is 18.6 Å². The number of ether oxygens (including phenoxy) is 1. The molecule has 0 aromatic carbocycles. The Hall–Kier alpha value is -1.98. The maximum absolute atomic E-state index is 12.5. The number of nitriles is 1. The predicted molar refractivity (Wildman–Crippen MR) is 90.4 cm³/mol. The predicted octanol–water partition coefficient (Wildman–Crippen LogP) is 1.22. The lowest BCUT2D eigenvalue weighted by Crippen LogP contribution is -2.52. The maximum Gasteiger partial charge on any atom is 0.235 e. The van der Waals surface area contributed by atoms with Crippen LogP contribution in [-0.2, 0) is 9.53 Å². The number of aromatic nitrogens is 3. The summed E-state index contributed by atoms with van der Waals surface area (Å²) in [6, 6.07) is 2.36. The average Bonchev–Trinajstić information content (AvgIpc) is 2.90. The van der Waals surface area contributed by atoms with Gasteiger partial charge in [0.05, 0.1) is 19.2 Å². The van der Waals surface area contributed by atoms with Crippen LogP contribution < -0.4 is 5.32 Å². The molecule has 1 aliphatic carbocycles. The second kappa shape index (κ2) is 7.93. The van der Waals surface area contributed by atoms with Crippen molar-refractivity contribution in [3.63, 3.8) is 0 Å². The number of hydrogen-bond donors (Lipinski definition) is 2. The molecule has 2 fully saturated rings. The lowest BCUT2D eigenvalue weighted by Gasteiger charge is -2.32. The Bertz CT molecular complexity index is 629. The van der Waals surface area contributed by atoms with Gasteiger partial charge >= 0.3 is 0 Å². The molecule has 1 aromatic rings. The smallest absolute Gasteiger partial charge is 0.235 e. The van der Waals surface area contributed by atoms with Crippen molar-refractivity contribution in [3.05, 3.63) is 11.6 Å². The van der Waals surface area contributed by atoms with Gasteiger partial charge in [-0.2, -0.15) is 10.4 Å². The molecule has 0 radical (unpaired) electrons. The lowest BCUT2D eigenvalue weighted by atomic mass is 9.92. The number of amides is 1. The van der Waals surface area contributed by atoms with Crippen LogP contribution in [0.2, 0.25) is 0 Å². The molecule has 1 aliphatic heterocycles. The van der Waals surface area contributed by atoms with E-state index < -0.39 is 5.54 Å². The fraction of sp³-hybridized carbons (Fsp3) is 0.765. The Kier molecular flexibility index (Phi) is 5.66. The number of aryl methyl sites for hydroxylation is 1. The van der Waals surface area contributed by atoms with Gasteiger partial charge in [0.15, 0.2) is 5.82 Å². The monoisotopic (exact) mass is 346 g/mol. The second-order valence-corrected chi connectivity index (χ2v) is 7.03. The molecule has 2 aliphatic rings. The minimum absolute atomic E-state index is 0.0877. The van der Waals surface area contributed by atoms with Gasteiger partial charge < -0.3 is 10.1 Å². The van der Waals surface area contributed by atoms with Crippen LogP contribution in [0.5, 0.6) is 0 Å². The Morgan fingerprint density at radius 2 is 2.20 bits per heavy atom. The number of carbonyl (C=O) groups is 1. The first-order valence-corrected chi connectivity index (χ1v) is 9.05. The molecule has 2 N–H and O–H groups in total. The van der Waals surface area contributed by atoms with Crippen molar-refractivity contribution in [3.8, 4) is 6.07 Å². The van der Waals surface area contributed by atoms with Crippen LogP contribution in [0.4, 0.5) is 0 Å². The standard InChI is InChI=1S/C17H26N6O2/c1-13-19-16(22-21-13)14-10-23(8-9-25-14)11-15(24)20-17(12-18)6-4-2-3-5-7-17/h14H,2-11H2,1H3,(H,20,24)(H,19,21,22). The van der Waals surface area contributed by atoms with E-state index in [0.717, 1.165) is 44.3 Å². The molecule has 1 atom stereocenters. The largest absolute Gasteiger partial charge is 0.367 e. The van der Waals surface area contributed by atoms with Crippen LogP contribution >= 0.6 is 0 Å². The van der Waals surface area contributed by atoms with Crippen molar-refractivity contribution < 1.29 is 9.53 Å². The van der Waals surface area contributed by atoms with Gasteiger partial charge in [0, 0.05) is 13.1 Å². The van der Waals surface area contributed by atoms with E-state index in [1.165, 1.54) is 0 Å². The van der Waals surface area contributed by atoms with E-state index >= 15 is 0 Å². The highest BCUT2D eigenvalue weighted by molar-refractivity contribution is 5.79. The second-order valence-electron chi connectivity index (χ2n) is 7.03. The first kappa shape index (κ1) is 17.8. The normalized spacial score (nSPS) is 24.2. The van der Waals surface area contributed by atoms with Crippen LogP contribution in [0, 0.1) is 18.3 Å². The van der Waals surface area contributed by atoms with Gasteiger partial charge in [-0.1, -0.05) is 25.7 Å². The first-order valence-electron chi connectivity index (χ1n) is 9.05. The highest BCUT2D eigenvalue weighted by atomic mass is 16.5. The van der Waals surface area contributed by atoms with Gasteiger partial charge in [-0.3, -0.25) is 14.8 Å². The fourth-order valence-corrected chi connectivity index (χ4v) is 3.61. The summed E-state index contributed by atoms with van der Waals surface area (Å²) < 4.78 is 5.73. The zero-order chi connectivity index (χ0) is 17.7. The van der Waals surface area contributed by atoms with Crippen molar-refractivity contribution in [2.24, 2.45) is 0 Å². The van der Waals surface area contributed by atoms with Crippen LogP contribution in [0.15, 0.2) is 0 Å². The summed E-state index contributed by atoms with van der Waals surface area (Å²) in [5.41, 5.74) is -0.694. The third kappa shape index (κ3) is 4.55. The third-order valence-corrected chi connectivity index (χ3v) is 4.97. The summed E-state index contributed by atoms with van der Waals surface area (Å²) >= 11 is 0. The van der Waals surface area contributed by atoms with Crippen LogP contribution in [-0.4, -0.2) is 57.8 Å². The van der Waals surface area contributed by atoms with Crippen molar-refractivity contribution in [1.29, 1.82) is 5.26 Å². The van der Waals surface area contributed by atoms with Crippen molar-refractivity contribution >= 4 is 5.91 Å². The quantitative estimate of drug-likeness (QED) is 0.794. The van der Waals surface area contributed by atoms with Gasteiger partial charge in [0.2, 0.25) is 5.91 Å². The molecule has 2 heterocycles. The number of nitrogens with one attached hydrogen (secondary N) is 2. The first-order chi connectivity index (χ1) is 12.1. The molecule has 1 unspecified atom stereocenters. The molecule has 25 heavy (non-hydrogen) atoms. The van der Waals surface area contributed by atoms with Crippen LogP contribution in [0.25, 0.3) is 0 Å². The van der Waals surface area contributed by atoms with E-state index in [2.05, 4.69) is 26.6 Å². The number of nitrogens with zero attached hydrogens (tertiary/aromatic N) is 4. The molecular formula is C17H26N6O2. The average molecular weight is 346 g/mol. The molecule has 136 valence electrons. The van der Waals surface area contributed by atoms with Crippen molar-refractivity contribution in [2.45, 2.75) is 57.1 Å². The summed E-state index contributed by atoms with van der Waals surface area (Å²) in [4.78, 5) is 18.9. The molecule has 3 rings (SSSR count). The summed E-state index contributed by atoms with van der Waals surface area (Å²) in [6.45, 7) is 3.91. The Morgan fingerprint density at radius 1 is 1.44 bits per heavy atom. The highest BCUT2D eigenvalue weighted by Crippen LogP contribution is 2.26. The number of hydrogen-bond acceptors (Lipinski definition) is 6. The maximum atomic E-state index is 12.5. The van der Waals surface area contributed by atoms with Crippen LogP contribution in [0.3, 0.4) is 0 Å². The van der Waals surface area contributed by atoms with E-state index in [1.807, 2.05) is 11.8 Å². The van der Waals surface area contributed by atoms with Crippen LogP contribution in [0.1, 0.15) is 56.3 Å². The number of carbonyl (C=O) groups excluding carboxylic acids is 1. The minimum Gasteiger partial charge on any atom is -0.367 e. The Balaban J connectivity index is 1.56. The molecule has 0 bridgehead atoms. The van der Waals surface area contributed by atoms with E-state index in [4.69, 9.17) is 4.74 Å². The zero-order valence-corrected chi connectivity index (χ0v) is 14.8. The molecule has 1 amide bonds. The van der Waals surface area contributed by atoms with Crippen molar-refractivity contribution in [1.82, 2.24) is 25.4 Å². The summed E-state index contributed by atoms with van der Waals surface area (Å²) in [5, 5.41) is 19.6. The topological polar surface area (TPSA) is 107 Å². The van der Waals surface area contributed by atoms with E-state index in [0.29, 0.717) is 25.5 Å². The van der Waals surface area contributed by atoms with Gasteiger partial charge in [0.1, 0.15) is 17.5 Å². The SMILES string of the molecule is Cc1nc(C2CN(CC(=O)NC3(C#N)CCCCCC3)CCO2)n[nH]1. The highest BCUT2D eigenvalue weighted by Gasteiger charge is 2.33. The molecule has 1 aromatic heterocycles. The molecule has 1 saturated heterocycles. The van der Waals surface area contributed by atoms with Gasteiger partial charge in [0.25, 0.3) is 0 Å².